The van der Waals surface area contributed by atoms with E-state index in [0.29, 0.717) is 17.6 Å². The monoisotopic (exact) mass is 259 g/mol. The number of hydrogen-bond acceptors (Lipinski definition) is 3. The third-order valence-corrected chi connectivity index (χ3v) is 2.52. The molecule has 1 aliphatic rings. The second-order valence-corrected chi connectivity index (χ2v) is 4.03. The lowest BCUT2D eigenvalue weighted by Crippen LogP contribution is -2.52. The molecular weight excluding hydrogens is 241 g/mol. The van der Waals surface area contributed by atoms with Gasteiger partial charge >= 0.3 is 12.1 Å². The molecule has 0 aromatic heterocycles. The third kappa shape index (κ3) is 3.99. The van der Waals surface area contributed by atoms with Crippen molar-refractivity contribution in [3.63, 3.8) is 0 Å². The van der Waals surface area contributed by atoms with E-state index >= 15 is 0 Å². The normalized spacial score (nSPS) is 19.3. The number of unbranched alkanes of at least 4 members (excludes halogenated alkanes) is 3. The molecule has 4 amide bonds. The minimum Gasteiger partial charge on any atom is -0.367 e. The summed E-state index contributed by atoms with van der Waals surface area (Å²) in [7, 11) is 0. The molecule has 0 saturated carbocycles. The number of urea groups is 2. The number of carbonyl (C=O) groups is 2. The van der Waals surface area contributed by atoms with Crippen LogP contribution in [-0.2, 0) is 0 Å². The number of hydrogen-bond donors (Lipinski definition) is 3. The van der Waals surface area contributed by atoms with Crippen molar-refractivity contribution in [2.24, 2.45) is 0 Å². The first-order valence-corrected chi connectivity index (χ1v) is 5.99. The molecule has 7 heteroatoms. The highest BCUT2D eigenvalue weighted by atomic mass is 19.1. The molecule has 1 atom stereocenters. The van der Waals surface area contributed by atoms with Crippen LogP contribution in [0.3, 0.4) is 0 Å². The molecule has 0 radical (unpaired) electrons. The summed E-state index contributed by atoms with van der Waals surface area (Å²) in [5.74, 6) is -0.976. The van der Waals surface area contributed by atoms with Gasteiger partial charge in [-0.05, 0) is 6.42 Å². The quantitative estimate of drug-likeness (QED) is 0.653. The molecule has 1 unspecified atom stereocenters. The number of rotatable bonds is 5. The van der Waals surface area contributed by atoms with Crippen LogP contribution in [0.15, 0.2) is 12.0 Å². The van der Waals surface area contributed by atoms with Gasteiger partial charge in [0, 0.05) is 6.54 Å². The Labute approximate surface area is 105 Å². The molecule has 1 heterocycles. The van der Waals surface area contributed by atoms with Crippen LogP contribution in [0.5, 0.6) is 0 Å². The van der Waals surface area contributed by atoms with Crippen LogP contribution >= 0.6 is 0 Å². The van der Waals surface area contributed by atoms with E-state index in [1.807, 2.05) is 5.32 Å². The van der Waals surface area contributed by atoms with Crippen LogP contribution in [0.2, 0.25) is 0 Å². The van der Waals surface area contributed by atoms with Gasteiger partial charge in [-0.25, -0.2) is 18.9 Å². The average molecular weight is 259 g/mol. The lowest BCUT2D eigenvalue weighted by molar-refractivity contribution is 0.126. The first-order valence-electron chi connectivity index (χ1n) is 5.99. The maximum atomic E-state index is 13.0. The van der Waals surface area contributed by atoms with E-state index in [2.05, 4.69) is 12.2 Å². The van der Waals surface area contributed by atoms with E-state index < -0.39 is 24.1 Å². The summed E-state index contributed by atoms with van der Waals surface area (Å²) in [4.78, 5) is 23.4. The molecule has 0 aromatic rings. The molecule has 1 rings (SSSR count). The van der Waals surface area contributed by atoms with Crippen molar-refractivity contribution in [3.8, 4) is 0 Å². The van der Waals surface area contributed by atoms with Crippen LogP contribution in [0.25, 0.3) is 0 Å². The second-order valence-electron chi connectivity index (χ2n) is 4.03. The lowest BCUT2D eigenvalue weighted by atomic mass is 10.2. The highest BCUT2D eigenvalue weighted by molar-refractivity contribution is 5.95. The third-order valence-electron chi connectivity index (χ3n) is 2.52. The molecule has 0 aromatic carbocycles. The fourth-order valence-corrected chi connectivity index (χ4v) is 1.49. The van der Waals surface area contributed by atoms with Gasteiger partial charge in [0.05, 0.1) is 6.20 Å². The van der Waals surface area contributed by atoms with Crippen LogP contribution < -0.4 is 10.6 Å². The highest BCUT2D eigenvalue weighted by Gasteiger charge is 2.29. The van der Waals surface area contributed by atoms with Crippen molar-refractivity contribution in [2.45, 2.75) is 38.8 Å². The molecule has 18 heavy (non-hydrogen) atoms. The Morgan fingerprint density at radius 2 is 2.28 bits per heavy atom. The zero-order chi connectivity index (χ0) is 13.5. The Morgan fingerprint density at radius 1 is 1.56 bits per heavy atom. The highest BCUT2D eigenvalue weighted by Crippen LogP contribution is 2.10. The van der Waals surface area contributed by atoms with Gasteiger partial charge in [0.1, 0.15) is 0 Å². The van der Waals surface area contributed by atoms with Crippen molar-refractivity contribution < 1.29 is 19.1 Å². The average Bonchev–Trinajstić information content (AvgIpc) is 2.33. The fraction of sp³-hybridized carbons (Fsp3) is 0.636. The van der Waals surface area contributed by atoms with Gasteiger partial charge in [0.2, 0.25) is 0 Å². The SMILES string of the molecule is CCCCCCNC(=O)N1C=C(F)C(O)NC1=O. The summed E-state index contributed by atoms with van der Waals surface area (Å²) in [5, 5.41) is 13.4. The zero-order valence-electron chi connectivity index (χ0n) is 10.3. The summed E-state index contributed by atoms with van der Waals surface area (Å²) in [5.41, 5.74) is 0. The van der Waals surface area contributed by atoms with Crippen LogP contribution in [0.4, 0.5) is 14.0 Å². The summed E-state index contributed by atoms with van der Waals surface area (Å²) in [6.07, 6.45) is 2.99. The minimum atomic E-state index is -1.67. The van der Waals surface area contributed by atoms with Gasteiger partial charge in [-0.3, -0.25) is 0 Å². The van der Waals surface area contributed by atoms with Crippen LogP contribution in [0, 0.1) is 0 Å². The zero-order valence-corrected chi connectivity index (χ0v) is 10.3. The number of carbonyl (C=O) groups excluding carboxylic acids is 2. The molecule has 1 aliphatic heterocycles. The van der Waals surface area contributed by atoms with E-state index in [-0.39, 0.29) is 0 Å². The van der Waals surface area contributed by atoms with Gasteiger partial charge in [-0.2, -0.15) is 0 Å². The van der Waals surface area contributed by atoms with Crippen molar-refractivity contribution in [1.29, 1.82) is 0 Å². The molecule has 0 spiro atoms. The first-order chi connectivity index (χ1) is 8.56. The molecule has 0 aliphatic carbocycles. The van der Waals surface area contributed by atoms with Crippen molar-refractivity contribution >= 4 is 12.1 Å². The van der Waals surface area contributed by atoms with Crippen molar-refractivity contribution in [3.05, 3.63) is 12.0 Å². The largest absolute Gasteiger partial charge is 0.367 e. The van der Waals surface area contributed by atoms with Crippen LogP contribution in [-0.4, -0.2) is 34.8 Å². The molecule has 0 fully saturated rings. The Hall–Kier alpha value is -1.63. The number of nitrogens with one attached hydrogen (secondary N) is 2. The Balaban J connectivity index is 2.39. The lowest BCUT2D eigenvalue weighted by Gasteiger charge is -2.24. The molecular formula is C11H18FN3O3. The number of nitrogens with zero attached hydrogens (tertiary/aromatic N) is 1. The Bertz CT molecular complexity index is 346. The fourth-order valence-electron chi connectivity index (χ4n) is 1.49. The maximum absolute atomic E-state index is 13.0. The minimum absolute atomic E-state index is 0.431. The molecule has 0 bridgehead atoms. The van der Waals surface area contributed by atoms with Crippen molar-refractivity contribution in [2.75, 3.05) is 6.54 Å². The maximum Gasteiger partial charge on any atom is 0.332 e. The predicted molar refractivity (Wildman–Crippen MR) is 63.1 cm³/mol. The van der Waals surface area contributed by atoms with E-state index in [1.54, 1.807) is 0 Å². The van der Waals surface area contributed by atoms with Gasteiger partial charge in [0.25, 0.3) is 0 Å². The van der Waals surface area contributed by atoms with E-state index in [0.717, 1.165) is 25.7 Å². The Morgan fingerprint density at radius 3 is 2.94 bits per heavy atom. The number of aliphatic hydroxyl groups is 1. The molecule has 102 valence electrons. The molecule has 3 N–H and O–H groups in total. The van der Waals surface area contributed by atoms with E-state index in [1.165, 1.54) is 0 Å². The Kier molecular flexibility index (Phi) is 5.57. The molecule has 0 saturated heterocycles. The van der Waals surface area contributed by atoms with Crippen LogP contribution in [0.1, 0.15) is 32.6 Å². The standard InChI is InChI=1S/C11H18FN3O3/c1-2-3-4-5-6-13-10(17)15-7-8(12)9(16)14-11(15)18/h7,9,16H,2-6H2,1H3,(H,13,17)(H,14,18). The number of aliphatic hydroxyl groups excluding tert-OH is 1. The van der Waals surface area contributed by atoms with E-state index in [9.17, 15) is 14.0 Å². The summed E-state index contributed by atoms with van der Waals surface area (Å²) < 4.78 is 13.0. The van der Waals surface area contributed by atoms with E-state index in [4.69, 9.17) is 5.11 Å². The predicted octanol–water partition coefficient (Wildman–Crippen LogP) is 1.43. The van der Waals surface area contributed by atoms with Gasteiger partial charge in [0.15, 0.2) is 12.1 Å². The summed E-state index contributed by atoms with van der Waals surface area (Å²) >= 11 is 0. The van der Waals surface area contributed by atoms with Gasteiger partial charge in [-0.1, -0.05) is 26.2 Å². The summed E-state index contributed by atoms with van der Waals surface area (Å²) in [6.45, 7) is 2.51. The first kappa shape index (κ1) is 14.4. The smallest absolute Gasteiger partial charge is 0.332 e. The van der Waals surface area contributed by atoms with Gasteiger partial charge in [-0.15, -0.1) is 0 Å². The number of imide groups is 1. The number of halogens is 1. The molecule has 6 nitrogen and oxygen atoms in total. The van der Waals surface area contributed by atoms with Gasteiger partial charge < -0.3 is 15.7 Å². The number of amides is 4. The van der Waals surface area contributed by atoms with Crippen molar-refractivity contribution in [1.82, 2.24) is 15.5 Å². The topological polar surface area (TPSA) is 81.7 Å². The second kappa shape index (κ2) is 6.95. The summed E-state index contributed by atoms with van der Waals surface area (Å²) in [6, 6.07) is -1.55.